The number of nitrogens with one attached hydrogen (secondary N) is 3. The Kier molecular flexibility index (Phi) is 12.7. The van der Waals surface area contributed by atoms with Gasteiger partial charge >= 0.3 is 13.2 Å². The van der Waals surface area contributed by atoms with Crippen LogP contribution in [0.2, 0.25) is 0 Å². The fourth-order valence-electron chi connectivity index (χ4n) is 9.61. The number of carbonyl (C=O) groups excluding carboxylic acids is 3. The number of hydrazine groups is 1. The third kappa shape index (κ3) is 9.04. The second-order valence-electron chi connectivity index (χ2n) is 17.2. The van der Waals surface area contributed by atoms with E-state index in [-0.39, 0.29) is 73.5 Å². The molecule has 1 aliphatic heterocycles. The number of guanidine groups is 1. The topological polar surface area (TPSA) is 197 Å². The Morgan fingerprint density at radius 2 is 1.73 bits per heavy atom. The molecule has 56 heavy (non-hydrogen) atoms. The summed E-state index contributed by atoms with van der Waals surface area (Å²) in [5.74, 6) is -0.678. The SMILES string of the molecule is CC(C)C[C@H](NC(=O)[C@H](CCCN=C(N)N[N+](=O)[O-])CC(=O)CCCNC(=O)OCC1c2ccccc2-c2ccccc21)B1O[C@@H]2C[C@@H]3C[C@@H](C3(C)C)[C@]2(C)O1. The summed E-state index contributed by atoms with van der Waals surface area (Å²) in [7, 11) is -0.607. The van der Waals surface area contributed by atoms with Gasteiger partial charge in [0.2, 0.25) is 5.91 Å². The van der Waals surface area contributed by atoms with E-state index in [1.54, 1.807) is 0 Å². The van der Waals surface area contributed by atoms with Gasteiger partial charge in [0, 0.05) is 37.8 Å². The number of ketones is 1. The molecule has 2 bridgehead atoms. The minimum Gasteiger partial charge on any atom is -0.449 e. The molecule has 14 nitrogen and oxygen atoms in total. The van der Waals surface area contributed by atoms with Crippen LogP contribution in [0.5, 0.6) is 0 Å². The fourth-order valence-corrected chi connectivity index (χ4v) is 9.61. The maximum absolute atomic E-state index is 14.0. The molecule has 4 fully saturated rings. The highest BCUT2D eigenvalue weighted by atomic mass is 16.7. The first-order valence-corrected chi connectivity index (χ1v) is 20.1. The molecule has 2 amide bonds. The molecule has 0 radical (unpaired) electrons. The maximum Gasteiger partial charge on any atom is 0.481 e. The molecule has 302 valence electrons. The van der Waals surface area contributed by atoms with Gasteiger partial charge in [-0.2, -0.15) is 0 Å². The zero-order valence-electron chi connectivity index (χ0n) is 33.3. The Hall–Kier alpha value is -4.50. The lowest BCUT2D eigenvalue weighted by Crippen LogP contribution is -2.65. The summed E-state index contributed by atoms with van der Waals surface area (Å²) in [6, 6.07) is 16.3. The third-order valence-corrected chi connectivity index (χ3v) is 12.6. The van der Waals surface area contributed by atoms with E-state index in [9.17, 15) is 24.5 Å². The van der Waals surface area contributed by atoms with Crippen molar-refractivity contribution in [1.29, 1.82) is 0 Å². The van der Waals surface area contributed by atoms with Crippen LogP contribution in [0.25, 0.3) is 11.1 Å². The van der Waals surface area contributed by atoms with Crippen LogP contribution in [0.15, 0.2) is 53.5 Å². The number of alkyl carbamates (subject to hydrolysis) is 1. The molecule has 5 aliphatic rings. The Morgan fingerprint density at radius 1 is 1.05 bits per heavy atom. The Labute approximate surface area is 329 Å². The number of nitrogens with two attached hydrogens (primary N) is 1. The van der Waals surface area contributed by atoms with Crippen molar-refractivity contribution >= 4 is 30.9 Å². The van der Waals surface area contributed by atoms with Gasteiger partial charge in [-0.25, -0.2) is 19.9 Å². The van der Waals surface area contributed by atoms with E-state index in [4.69, 9.17) is 19.8 Å². The van der Waals surface area contributed by atoms with Crippen LogP contribution >= 0.6 is 0 Å². The van der Waals surface area contributed by atoms with Gasteiger partial charge in [-0.15, -0.1) is 0 Å². The molecule has 15 heteroatoms. The third-order valence-electron chi connectivity index (χ3n) is 12.6. The molecule has 6 atom stereocenters. The lowest BCUT2D eigenvalue weighted by molar-refractivity contribution is -0.525. The highest BCUT2D eigenvalue weighted by Crippen LogP contribution is 2.65. The second-order valence-corrected chi connectivity index (χ2v) is 17.2. The summed E-state index contributed by atoms with van der Waals surface area (Å²) >= 11 is 0. The van der Waals surface area contributed by atoms with Crippen molar-refractivity contribution in [3.63, 3.8) is 0 Å². The number of nitro groups is 1. The van der Waals surface area contributed by atoms with Crippen molar-refractivity contribution in [3.8, 4) is 11.1 Å². The molecule has 7 rings (SSSR count). The van der Waals surface area contributed by atoms with Crippen LogP contribution in [-0.4, -0.2) is 73.2 Å². The predicted octanol–water partition coefficient (Wildman–Crippen LogP) is 5.56. The summed E-state index contributed by atoms with van der Waals surface area (Å²) in [5.41, 5.74) is 11.7. The number of nitrogens with zero attached hydrogens (tertiary/aromatic N) is 2. The number of ether oxygens (including phenoxy) is 1. The lowest BCUT2D eigenvalue weighted by Gasteiger charge is -2.64. The van der Waals surface area contributed by atoms with Crippen molar-refractivity contribution in [3.05, 3.63) is 69.8 Å². The summed E-state index contributed by atoms with van der Waals surface area (Å²) in [6.07, 6.45) is 3.30. The first-order valence-electron chi connectivity index (χ1n) is 20.1. The quantitative estimate of drug-likeness (QED) is 0.0372. The number of aliphatic imine (C=N–C) groups is 1. The van der Waals surface area contributed by atoms with Gasteiger partial charge in [0.15, 0.2) is 5.03 Å². The van der Waals surface area contributed by atoms with Crippen LogP contribution in [0, 0.1) is 39.2 Å². The number of Topliss-reactive ketones (excluding diaryl/α,β-unsaturated/α-hetero) is 1. The molecule has 2 aromatic rings. The number of carbonyl (C=O) groups is 3. The average molecular weight is 773 g/mol. The van der Waals surface area contributed by atoms with E-state index in [0.717, 1.165) is 35.1 Å². The highest BCUT2D eigenvalue weighted by molar-refractivity contribution is 6.47. The van der Waals surface area contributed by atoms with Crippen molar-refractivity contribution < 1.29 is 33.5 Å². The van der Waals surface area contributed by atoms with Gasteiger partial charge in [0.05, 0.1) is 17.6 Å². The zero-order chi connectivity index (χ0) is 40.2. The normalized spacial score (nSPS) is 24.3. The minimum atomic E-state index is -0.793. The molecular weight excluding hydrogens is 715 g/mol. The number of amides is 2. The molecule has 3 saturated carbocycles. The van der Waals surface area contributed by atoms with Gasteiger partial charge in [-0.1, -0.05) is 81.7 Å². The Balaban J connectivity index is 1.02. The number of hydrogen-bond donors (Lipinski definition) is 4. The van der Waals surface area contributed by atoms with Crippen LogP contribution in [0.4, 0.5) is 4.79 Å². The molecule has 0 spiro atoms. The van der Waals surface area contributed by atoms with Crippen LogP contribution in [0.3, 0.4) is 0 Å². The van der Waals surface area contributed by atoms with Crippen LogP contribution < -0.4 is 21.8 Å². The second kappa shape index (κ2) is 17.3. The van der Waals surface area contributed by atoms with Crippen molar-refractivity contribution in [2.45, 2.75) is 110 Å². The van der Waals surface area contributed by atoms with Gasteiger partial charge < -0.3 is 30.4 Å². The first-order chi connectivity index (χ1) is 26.7. The summed E-state index contributed by atoms with van der Waals surface area (Å²) < 4.78 is 18.9. The smallest absolute Gasteiger partial charge is 0.449 e. The number of hydrogen-bond acceptors (Lipinski definition) is 9. The summed E-state index contributed by atoms with van der Waals surface area (Å²) in [6.45, 7) is 11.5. The van der Waals surface area contributed by atoms with Crippen molar-refractivity contribution in [2.75, 3.05) is 19.7 Å². The number of benzene rings is 2. The molecular formula is C41H57BN6O8. The molecule has 2 aromatic carbocycles. The van der Waals surface area contributed by atoms with Crippen molar-refractivity contribution in [2.24, 2.45) is 39.8 Å². The highest BCUT2D eigenvalue weighted by Gasteiger charge is 2.68. The molecule has 1 heterocycles. The van der Waals surface area contributed by atoms with E-state index in [0.29, 0.717) is 37.5 Å². The lowest BCUT2D eigenvalue weighted by atomic mass is 9.43. The van der Waals surface area contributed by atoms with Gasteiger partial charge in [-0.3, -0.25) is 9.59 Å². The predicted molar refractivity (Wildman–Crippen MR) is 213 cm³/mol. The standard InChI is InChI=1S/C41H57BN6O8/c1-25(2)20-36(42-55-35-23-27-22-34(40(27,3)4)41(35,5)56-42)46-37(50)26(12-10-18-44-38(43)47-48(52)53)21-28(49)13-11-19-45-39(51)54-24-33-31-16-8-6-14-29(31)30-15-7-9-17-32(30)33/h6-9,14-17,25-27,33-36H,10-13,18-24H2,1-5H3,(H,45,51)(H,46,50)(H3,43,44,47)/t26-,27+,34+,35-,36+,41+/m1/s1. The summed E-state index contributed by atoms with van der Waals surface area (Å²) in [4.78, 5) is 54.7. The molecule has 4 aliphatic carbocycles. The van der Waals surface area contributed by atoms with E-state index in [1.165, 1.54) is 0 Å². The summed E-state index contributed by atoms with van der Waals surface area (Å²) in [5, 5.41) is 15.9. The first kappa shape index (κ1) is 41.1. The van der Waals surface area contributed by atoms with E-state index in [1.807, 2.05) is 29.7 Å². The monoisotopic (exact) mass is 772 g/mol. The van der Waals surface area contributed by atoms with Crippen LogP contribution in [-0.2, 0) is 23.6 Å². The molecule has 0 aromatic heterocycles. The largest absolute Gasteiger partial charge is 0.481 e. The average Bonchev–Trinajstić information content (AvgIpc) is 3.67. The van der Waals surface area contributed by atoms with E-state index >= 15 is 0 Å². The van der Waals surface area contributed by atoms with Gasteiger partial charge in [0.1, 0.15) is 12.4 Å². The molecule has 0 unspecified atom stereocenters. The van der Waals surface area contributed by atoms with E-state index in [2.05, 4.69) is 74.5 Å². The Morgan fingerprint density at radius 3 is 2.38 bits per heavy atom. The van der Waals surface area contributed by atoms with Gasteiger partial charge in [0.25, 0.3) is 5.96 Å². The Bertz CT molecular complexity index is 1760. The molecule has 5 N–H and O–H groups in total. The molecule has 1 saturated heterocycles. The zero-order valence-corrected chi connectivity index (χ0v) is 33.3. The maximum atomic E-state index is 14.0. The van der Waals surface area contributed by atoms with Crippen LogP contribution in [0.1, 0.15) is 103 Å². The van der Waals surface area contributed by atoms with Gasteiger partial charge in [-0.05, 0) is 90.9 Å². The number of rotatable bonds is 18. The van der Waals surface area contributed by atoms with Crippen molar-refractivity contribution in [1.82, 2.24) is 16.1 Å². The fraction of sp³-hybridized carbons (Fsp3) is 0.610. The van der Waals surface area contributed by atoms with E-state index < -0.39 is 35.7 Å². The number of fused-ring (bicyclic) bond motifs is 3. The minimum absolute atomic E-state index is 0.0117.